The second-order valence-corrected chi connectivity index (χ2v) is 5.29. The molecule has 1 N–H and O–H groups in total. The van der Waals surface area contributed by atoms with Crippen LogP contribution in [0.4, 0.5) is 5.69 Å². The van der Waals surface area contributed by atoms with Gasteiger partial charge in [0.2, 0.25) is 5.91 Å². The van der Waals surface area contributed by atoms with E-state index in [1.807, 2.05) is 19.2 Å². The molecule has 3 nitrogen and oxygen atoms in total. The molecule has 0 radical (unpaired) electrons. The van der Waals surface area contributed by atoms with Gasteiger partial charge in [-0.2, -0.15) is 0 Å². The Kier molecular flexibility index (Phi) is 4.02. The standard InChI is InChI=1S/C15H22N2O/c1-11(2)12-6-8-13(9-7-12)17(3)15(18)14-5-4-10-16-14/h6-9,11,14,16H,4-5,10H2,1-3H3. The number of amides is 1. The number of benzene rings is 1. The van der Waals surface area contributed by atoms with Crippen LogP contribution in [0.3, 0.4) is 0 Å². The summed E-state index contributed by atoms with van der Waals surface area (Å²) in [6.07, 6.45) is 2.05. The van der Waals surface area contributed by atoms with E-state index >= 15 is 0 Å². The van der Waals surface area contributed by atoms with Crippen LogP contribution in [0.5, 0.6) is 0 Å². The van der Waals surface area contributed by atoms with Crippen LogP contribution in [0.2, 0.25) is 0 Å². The molecular formula is C15H22N2O. The molecule has 0 aromatic heterocycles. The second-order valence-electron chi connectivity index (χ2n) is 5.29. The summed E-state index contributed by atoms with van der Waals surface area (Å²) in [6, 6.07) is 8.27. The van der Waals surface area contributed by atoms with Gasteiger partial charge in [-0.3, -0.25) is 4.79 Å². The van der Waals surface area contributed by atoms with Crippen LogP contribution in [0, 0.1) is 0 Å². The lowest BCUT2D eigenvalue weighted by Gasteiger charge is -2.21. The smallest absolute Gasteiger partial charge is 0.243 e. The number of carbonyl (C=O) groups excluding carboxylic acids is 1. The molecule has 0 aliphatic carbocycles. The zero-order chi connectivity index (χ0) is 13.1. The van der Waals surface area contributed by atoms with Gasteiger partial charge in [0.15, 0.2) is 0 Å². The maximum Gasteiger partial charge on any atom is 0.243 e. The first-order chi connectivity index (χ1) is 8.59. The van der Waals surface area contributed by atoms with E-state index in [0.29, 0.717) is 5.92 Å². The number of likely N-dealkylation sites (N-methyl/N-ethyl adjacent to an activating group) is 1. The highest BCUT2D eigenvalue weighted by Crippen LogP contribution is 2.20. The number of anilines is 1. The average Bonchev–Trinajstić information content (AvgIpc) is 2.91. The Morgan fingerprint density at radius 2 is 2.00 bits per heavy atom. The Balaban J connectivity index is 2.08. The fourth-order valence-corrected chi connectivity index (χ4v) is 2.34. The third-order valence-corrected chi connectivity index (χ3v) is 3.64. The first-order valence-electron chi connectivity index (χ1n) is 6.70. The van der Waals surface area contributed by atoms with E-state index < -0.39 is 0 Å². The zero-order valence-corrected chi connectivity index (χ0v) is 11.4. The monoisotopic (exact) mass is 246 g/mol. The van der Waals surface area contributed by atoms with Crippen molar-refractivity contribution in [1.29, 1.82) is 0 Å². The highest BCUT2D eigenvalue weighted by Gasteiger charge is 2.25. The van der Waals surface area contributed by atoms with Crippen LogP contribution >= 0.6 is 0 Å². The Morgan fingerprint density at radius 3 is 2.50 bits per heavy atom. The molecule has 1 aliphatic heterocycles. The molecule has 18 heavy (non-hydrogen) atoms. The van der Waals surface area contributed by atoms with E-state index in [4.69, 9.17) is 0 Å². The summed E-state index contributed by atoms with van der Waals surface area (Å²) in [7, 11) is 1.85. The Hall–Kier alpha value is -1.35. The molecule has 1 heterocycles. The minimum atomic E-state index is -0.000208. The van der Waals surface area contributed by atoms with Gasteiger partial charge in [0, 0.05) is 12.7 Å². The highest BCUT2D eigenvalue weighted by molar-refractivity contribution is 5.96. The summed E-state index contributed by atoms with van der Waals surface area (Å²) in [5, 5.41) is 3.25. The van der Waals surface area contributed by atoms with Crippen molar-refractivity contribution in [2.24, 2.45) is 0 Å². The lowest BCUT2D eigenvalue weighted by atomic mass is 10.0. The molecule has 0 bridgehead atoms. The summed E-state index contributed by atoms with van der Waals surface area (Å²) in [4.78, 5) is 14.0. The SMILES string of the molecule is CC(C)c1ccc(N(C)C(=O)C2CCCN2)cc1. The first-order valence-corrected chi connectivity index (χ1v) is 6.70. The van der Waals surface area contributed by atoms with Crippen molar-refractivity contribution in [2.45, 2.75) is 38.6 Å². The van der Waals surface area contributed by atoms with Crippen molar-refractivity contribution in [3.8, 4) is 0 Å². The second kappa shape index (κ2) is 5.53. The number of nitrogens with zero attached hydrogens (tertiary/aromatic N) is 1. The van der Waals surface area contributed by atoms with Crippen molar-refractivity contribution in [3.63, 3.8) is 0 Å². The first kappa shape index (κ1) is 13.1. The van der Waals surface area contributed by atoms with E-state index in [0.717, 1.165) is 25.1 Å². The van der Waals surface area contributed by atoms with Crippen LogP contribution < -0.4 is 10.2 Å². The molecular weight excluding hydrogens is 224 g/mol. The molecule has 98 valence electrons. The van der Waals surface area contributed by atoms with Crippen molar-refractivity contribution in [3.05, 3.63) is 29.8 Å². The lowest BCUT2D eigenvalue weighted by Crippen LogP contribution is -2.41. The van der Waals surface area contributed by atoms with Crippen LogP contribution in [0.15, 0.2) is 24.3 Å². The van der Waals surface area contributed by atoms with Crippen molar-refractivity contribution < 1.29 is 4.79 Å². The predicted molar refractivity (Wildman–Crippen MR) is 75.0 cm³/mol. The van der Waals surface area contributed by atoms with Crippen molar-refractivity contribution >= 4 is 11.6 Å². The lowest BCUT2D eigenvalue weighted by molar-refractivity contribution is -0.119. The van der Waals surface area contributed by atoms with Gasteiger partial charge in [-0.15, -0.1) is 0 Å². The third kappa shape index (κ3) is 2.72. The van der Waals surface area contributed by atoms with Gasteiger partial charge in [0.1, 0.15) is 0 Å². The topological polar surface area (TPSA) is 32.3 Å². The fourth-order valence-electron chi connectivity index (χ4n) is 2.34. The largest absolute Gasteiger partial charge is 0.314 e. The average molecular weight is 246 g/mol. The maximum absolute atomic E-state index is 12.2. The van der Waals surface area contributed by atoms with E-state index in [-0.39, 0.29) is 11.9 Å². The van der Waals surface area contributed by atoms with E-state index in [1.165, 1.54) is 5.56 Å². The number of nitrogens with one attached hydrogen (secondary N) is 1. The van der Waals surface area contributed by atoms with Gasteiger partial charge in [-0.05, 0) is 43.0 Å². The summed E-state index contributed by atoms with van der Waals surface area (Å²) >= 11 is 0. The zero-order valence-electron chi connectivity index (χ0n) is 11.4. The maximum atomic E-state index is 12.2. The molecule has 1 atom stereocenters. The number of rotatable bonds is 3. The quantitative estimate of drug-likeness (QED) is 0.889. The third-order valence-electron chi connectivity index (χ3n) is 3.64. The molecule has 1 aromatic carbocycles. The normalized spacial score (nSPS) is 19.2. The summed E-state index contributed by atoms with van der Waals surface area (Å²) in [5.74, 6) is 0.696. The summed E-state index contributed by atoms with van der Waals surface area (Å²) in [6.45, 7) is 5.30. The molecule has 1 aliphatic rings. The summed E-state index contributed by atoms with van der Waals surface area (Å²) < 4.78 is 0. The van der Waals surface area contributed by atoms with Gasteiger partial charge in [-0.1, -0.05) is 26.0 Å². The summed E-state index contributed by atoms with van der Waals surface area (Å²) in [5.41, 5.74) is 2.27. The minimum Gasteiger partial charge on any atom is -0.314 e. The van der Waals surface area contributed by atoms with Crippen LogP contribution in [0.1, 0.15) is 38.2 Å². The van der Waals surface area contributed by atoms with Gasteiger partial charge in [-0.25, -0.2) is 0 Å². The Morgan fingerprint density at radius 1 is 1.33 bits per heavy atom. The van der Waals surface area contributed by atoms with Gasteiger partial charge < -0.3 is 10.2 Å². The Labute approximate surface area is 109 Å². The van der Waals surface area contributed by atoms with Gasteiger partial charge in [0.05, 0.1) is 6.04 Å². The number of hydrogen-bond acceptors (Lipinski definition) is 2. The molecule has 2 rings (SSSR count). The molecule has 0 spiro atoms. The molecule has 1 fully saturated rings. The minimum absolute atomic E-state index is 0.000208. The molecule has 1 saturated heterocycles. The molecule has 1 unspecified atom stereocenters. The van der Waals surface area contributed by atoms with Gasteiger partial charge in [0.25, 0.3) is 0 Å². The van der Waals surface area contributed by atoms with Gasteiger partial charge >= 0.3 is 0 Å². The molecule has 1 amide bonds. The number of hydrogen-bond donors (Lipinski definition) is 1. The highest BCUT2D eigenvalue weighted by atomic mass is 16.2. The fraction of sp³-hybridized carbons (Fsp3) is 0.533. The number of carbonyl (C=O) groups is 1. The molecule has 3 heteroatoms. The van der Waals surface area contributed by atoms with Crippen molar-refractivity contribution in [2.75, 3.05) is 18.5 Å². The van der Waals surface area contributed by atoms with Crippen LogP contribution in [0.25, 0.3) is 0 Å². The van der Waals surface area contributed by atoms with E-state index in [2.05, 4.69) is 31.3 Å². The molecule has 0 saturated carbocycles. The van der Waals surface area contributed by atoms with Crippen molar-refractivity contribution in [1.82, 2.24) is 5.32 Å². The molecule has 1 aromatic rings. The van der Waals surface area contributed by atoms with E-state index in [9.17, 15) is 4.79 Å². The van der Waals surface area contributed by atoms with Crippen LogP contribution in [-0.4, -0.2) is 25.5 Å². The predicted octanol–water partition coefficient (Wildman–Crippen LogP) is 2.52. The van der Waals surface area contributed by atoms with Crippen LogP contribution in [-0.2, 0) is 4.79 Å². The van der Waals surface area contributed by atoms with E-state index in [1.54, 1.807) is 4.90 Å². The Bertz CT molecular complexity index is 405.